The molecule has 6 N–H and O–H groups in total. The predicted molar refractivity (Wildman–Crippen MR) is 154 cm³/mol. The van der Waals surface area contributed by atoms with E-state index < -0.39 is 36.7 Å². The van der Waals surface area contributed by atoms with Crippen LogP contribution in [0.3, 0.4) is 0 Å². The molecule has 3 rings (SSSR count). The summed E-state index contributed by atoms with van der Waals surface area (Å²) in [6, 6.07) is 5.29. The van der Waals surface area contributed by atoms with Gasteiger partial charge in [0.15, 0.2) is 11.2 Å². The molecule has 0 spiro atoms. The topological polar surface area (TPSA) is 182 Å². The molecule has 13 nitrogen and oxygen atoms in total. The third kappa shape index (κ3) is 12.5. The van der Waals surface area contributed by atoms with Gasteiger partial charge in [0.05, 0.1) is 46.6 Å². The second-order valence-corrected chi connectivity index (χ2v) is 12.0. The van der Waals surface area contributed by atoms with E-state index in [1.165, 1.54) is 6.20 Å². The van der Waals surface area contributed by atoms with Crippen LogP contribution < -0.4 is 21.9 Å². The van der Waals surface area contributed by atoms with Crippen molar-refractivity contribution < 1.29 is 44.5 Å². The fourth-order valence-electron chi connectivity index (χ4n) is 3.72. The van der Waals surface area contributed by atoms with Gasteiger partial charge in [-0.1, -0.05) is 0 Å². The minimum atomic E-state index is -10.7. The third-order valence-corrected chi connectivity index (χ3v) is 5.72. The first-order chi connectivity index (χ1) is 19.9. The molecule has 0 radical (unpaired) electrons. The fraction of sp³-hybridized carbons (Fsp3) is 0.348. The number of anilines is 2. The molecule has 2 atom stereocenters. The van der Waals surface area contributed by atoms with Gasteiger partial charge in [0.25, 0.3) is 17.3 Å². The standard InChI is InChI=1S/C23H28ClN9O4.F6P/c1-32(2)21(33(3)4)15(24)9-16(22(36)37)29-19(34)12-5-7-13(8-6-12)26-10-14-11-27-18-17(28-14)20(35)31-23(25)30-18;1-7(2,3,4,5)6/h5-8,11,15-16H,9-10H2,1-4H3,(H5-,25,26,27,29,30,31,34,35,36,37);/q;-1/p+1/t15?,16-;/m0./s1. The van der Waals surface area contributed by atoms with Gasteiger partial charge in [-0.05, 0) is 24.3 Å². The van der Waals surface area contributed by atoms with Gasteiger partial charge in [0.2, 0.25) is 5.95 Å². The number of nitrogens with two attached hydrogens (primary N) is 1. The van der Waals surface area contributed by atoms with Gasteiger partial charge < -0.3 is 21.5 Å². The van der Waals surface area contributed by atoms with E-state index in [4.69, 9.17) is 17.3 Å². The maximum atomic E-state index is 12.7. The summed E-state index contributed by atoms with van der Waals surface area (Å²) < 4.78 is 61.0. The molecule has 2 heterocycles. The number of nitrogens with zero attached hydrogens (tertiary/aromatic N) is 5. The van der Waals surface area contributed by atoms with Gasteiger partial charge >= 0.3 is 39.0 Å². The average molecular weight is 676 g/mol. The Morgan fingerprint density at radius 2 is 1.68 bits per heavy atom. The number of hydrogen-bond donors (Lipinski definition) is 5. The zero-order valence-corrected chi connectivity index (χ0v) is 25.2. The van der Waals surface area contributed by atoms with Crippen molar-refractivity contribution in [2.24, 2.45) is 0 Å². The number of carboxylic acid groups (broad SMARTS) is 1. The van der Waals surface area contributed by atoms with Crippen LogP contribution in [0, 0.1) is 0 Å². The summed E-state index contributed by atoms with van der Waals surface area (Å²) in [6.45, 7) is 0.257. The summed E-state index contributed by atoms with van der Waals surface area (Å²) >= 11 is 6.48. The summed E-state index contributed by atoms with van der Waals surface area (Å²) in [6.07, 6.45) is 1.49. The SMILES string of the molecule is CN(C)C(C(Cl)C[C@H](NC(=O)c1ccc(NCc2cnc3nc(N)[nH]c(=O)c3n2)cc1)C(=O)O)=[N+](C)C.F[P-](F)(F)(F)(F)F. The van der Waals surface area contributed by atoms with Gasteiger partial charge in [-0.25, -0.2) is 14.8 Å². The molecule has 0 saturated carbocycles. The molecular formula is C23H29ClF6N9O4P. The summed E-state index contributed by atoms with van der Waals surface area (Å²) in [5, 5.41) is 14.7. The minimum absolute atomic E-state index is 0.00566. The number of aromatic nitrogens is 4. The molecule has 2 aromatic heterocycles. The molecule has 1 amide bonds. The summed E-state index contributed by atoms with van der Waals surface area (Å²) in [4.78, 5) is 53.0. The number of aliphatic carboxylic acids is 1. The molecule has 244 valence electrons. The zero-order valence-electron chi connectivity index (χ0n) is 23.5. The van der Waals surface area contributed by atoms with E-state index in [0.29, 0.717) is 11.4 Å². The number of H-pyrrole nitrogens is 1. The molecule has 1 unspecified atom stereocenters. The maximum absolute atomic E-state index is 12.7. The van der Waals surface area contributed by atoms with Gasteiger partial charge in [-0.3, -0.25) is 24.0 Å². The number of nitrogens with one attached hydrogen (secondary N) is 3. The normalized spacial score (nSPS) is 14.2. The molecule has 0 bridgehead atoms. The van der Waals surface area contributed by atoms with Crippen molar-refractivity contribution in [2.75, 3.05) is 39.2 Å². The Bertz CT molecular complexity index is 1610. The zero-order chi connectivity index (χ0) is 33.7. The van der Waals surface area contributed by atoms with Gasteiger partial charge in [0.1, 0.15) is 11.4 Å². The van der Waals surface area contributed by atoms with Gasteiger partial charge in [0, 0.05) is 17.7 Å². The van der Waals surface area contributed by atoms with Crippen LogP contribution in [-0.4, -0.2) is 91.8 Å². The van der Waals surface area contributed by atoms with Crippen LogP contribution in [0.5, 0.6) is 0 Å². The van der Waals surface area contributed by atoms with Crippen molar-refractivity contribution in [1.82, 2.24) is 30.2 Å². The monoisotopic (exact) mass is 675 g/mol. The molecule has 0 aliphatic rings. The van der Waals surface area contributed by atoms with Gasteiger partial charge in [-0.2, -0.15) is 4.98 Å². The number of halogens is 7. The predicted octanol–water partition coefficient (Wildman–Crippen LogP) is 3.70. The Morgan fingerprint density at radius 3 is 2.18 bits per heavy atom. The fourth-order valence-corrected chi connectivity index (χ4v) is 4.29. The number of carboxylic acids is 1. The second kappa shape index (κ2) is 12.8. The van der Waals surface area contributed by atoms with E-state index in [2.05, 4.69) is 30.6 Å². The van der Waals surface area contributed by atoms with Crippen LogP contribution >= 0.6 is 19.4 Å². The number of nitrogen functional groups attached to an aromatic ring is 1. The van der Waals surface area contributed by atoms with Crippen molar-refractivity contribution in [3.63, 3.8) is 0 Å². The van der Waals surface area contributed by atoms with Crippen LogP contribution in [0.2, 0.25) is 0 Å². The van der Waals surface area contributed by atoms with Crippen molar-refractivity contribution in [3.8, 4) is 0 Å². The Balaban J connectivity index is 0.000000860. The van der Waals surface area contributed by atoms with Gasteiger partial charge in [-0.15, -0.1) is 11.6 Å². The number of carbonyl (C=O) groups excluding carboxylic acids is 1. The van der Waals surface area contributed by atoms with Crippen LogP contribution in [0.25, 0.3) is 11.2 Å². The van der Waals surface area contributed by atoms with E-state index in [0.717, 1.165) is 5.84 Å². The quantitative estimate of drug-likeness (QED) is 0.0560. The Labute approximate surface area is 250 Å². The number of aromatic amines is 1. The molecule has 1 aromatic carbocycles. The van der Waals surface area contributed by atoms with E-state index in [-0.39, 0.29) is 35.6 Å². The van der Waals surface area contributed by atoms with Crippen molar-refractivity contribution in [2.45, 2.75) is 24.4 Å². The van der Waals surface area contributed by atoms with Crippen LogP contribution in [0.4, 0.5) is 36.8 Å². The number of amides is 1. The molecule has 3 aromatic rings. The average Bonchev–Trinajstić information content (AvgIpc) is 2.85. The van der Waals surface area contributed by atoms with Crippen LogP contribution in [0.15, 0.2) is 35.3 Å². The molecule has 0 fully saturated rings. The third-order valence-electron chi connectivity index (χ3n) is 5.35. The van der Waals surface area contributed by atoms with Crippen molar-refractivity contribution in [3.05, 3.63) is 52.1 Å². The number of fused-ring (bicyclic) bond motifs is 1. The van der Waals surface area contributed by atoms with Crippen LogP contribution in [-0.2, 0) is 11.3 Å². The Kier molecular flexibility index (Phi) is 10.4. The number of benzene rings is 1. The summed E-state index contributed by atoms with van der Waals surface area (Å²) in [5.74, 6) is -1.03. The number of rotatable bonds is 9. The summed E-state index contributed by atoms with van der Waals surface area (Å²) in [7, 11) is -3.40. The van der Waals surface area contributed by atoms with E-state index >= 15 is 0 Å². The van der Waals surface area contributed by atoms with Crippen molar-refractivity contribution in [1.29, 1.82) is 0 Å². The first kappa shape index (κ1) is 35.9. The van der Waals surface area contributed by atoms with Crippen LogP contribution in [0.1, 0.15) is 22.5 Å². The Hall–Kier alpha value is -4.25. The molecule has 0 aliphatic heterocycles. The number of alkyl halides is 1. The molecular weight excluding hydrogens is 647 g/mol. The molecule has 0 saturated heterocycles. The van der Waals surface area contributed by atoms with E-state index in [1.807, 2.05) is 28.2 Å². The van der Waals surface area contributed by atoms with E-state index in [1.54, 1.807) is 33.7 Å². The second-order valence-electron chi connectivity index (χ2n) is 9.59. The van der Waals surface area contributed by atoms with E-state index in [9.17, 15) is 44.7 Å². The Morgan fingerprint density at radius 1 is 1.11 bits per heavy atom. The number of carbonyl (C=O) groups is 2. The molecule has 44 heavy (non-hydrogen) atoms. The first-order valence-electron chi connectivity index (χ1n) is 12.2. The van der Waals surface area contributed by atoms with Crippen molar-refractivity contribution >= 4 is 59.9 Å². The molecule has 21 heteroatoms. The summed E-state index contributed by atoms with van der Waals surface area (Å²) in [5.41, 5.74) is 6.72. The number of hydrogen-bond acceptors (Lipinski definition) is 8. The number of amidine groups is 1. The first-order valence-corrected chi connectivity index (χ1v) is 14.7. The molecule has 0 aliphatic carbocycles.